The molecule has 1 aliphatic rings. The average molecular weight is 290 g/mol. The molecule has 0 fully saturated rings. The van der Waals surface area contributed by atoms with Crippen LogP contribution in [-0.4, -0.2) is 41.5 Å². The molecule has 1 aromatic rings. The predicted octanol–water partition coefficient (Wildman–Crippen LogP) is 1.44. The summed E-state index contributed by atoms with van der Waals surface area (Å²) in [5.74, 6) is -1.04. The van der Waals surface area contributed by atoms with Crippen LogP contribution < -0.4 is 5.32 Å². The Balaban J connectivity index is 2.04. The summed E-state index contributed by atoms with van der Waals surface area (Å²) < 4.78 is 0. The molecule has 0 aromatic heterocycles. The van der Waals surface area contributed by atoms with Gasteiger partial charge < -0.3 is 10.4 Å². The number of carbonyl (C=O) groups excluding carboxylic acids is 1. The van der Waals surface area contributed by atoms with Crippen molar-refractivity contribution < 1.29 is 14.7 Å². The van der Waals surface area contributed by atoms with Crippen LogP contribution in [0.2, 0.25) is 0 Å². The Labute approximate surface area is 125 Å². The summed E-state index contributed by atoms with van der Waals surface area (Å²) in [6.07, 6.45) is 0. The minimum absolute atomic E-state index is 0.0489. The van der Waals surface area contributed by atoms with E-state index in [1.807, 2.05) is 43.0 Å². The summed E-state index contributed by atoms with van der Waals surface area (Å²) in [7, 11) is 0. The van der Waals surface area contributed by atoms with Crippen LogP contribution in [-0.2, 0) is 16.1 Å². The van der Waals surface area contributed by atoms with Crippen molar-refractivity contribution in [2.75, 3.05) is 19.6 Å². The quantitative estimate of drug-likeness (QED) is 0.861. The second kappa shape index (κ2) is 6.72. The number of carboxylic acids is 1. The number of nitrogens with zero attached hydrogens (tertiary/aromatic N) is 1. The van der Waals surface area contributed by atoms with E-state index in [4.69, 9.17) is 0 Å². The van der Waals surface area contributed by atoms with Crippen molar-refractivity contribution in [3.8, 4) is 0 Å². The van der Waals surface area contributed by atoms with Crippen LogP contribution in [0.25, 0.3) is 0 Å². The number of carboxylic acid groups (broad SMARTS) is 1. The Morgan fingerprint density at radius 2 is 2.10 bits per heavy atom. The molecule has 2 rings (SSSR count). The molecule has 1 aromatic carbocycles. The molecule has 0 saturated carbocycles. The maximum atomic E-state index is 11.9. The zero-order valence-electron chi connectivity index (χ0n) is 12.5. The minimum Gasteiger partial charge on any atom is -0.481 e. The zero-order valence-corrected chi connectivity index (χ0v) is 12.5. The maximum absolute atomic E-state index is 11.9. The number of carbonyl (C=O) groups is 2. The molecule has 2 N–H and O–H groups in total. The van der Waals surface area contributed by atoms with Gasteiger partial charge in [0.1, 0.15) is 0 Å². The van der Waals surface area contributed by atoms with E-state index in [-0.39, 0.29) is 12.5 Å². The fourth-order valence-electron chi connectivity index (χ4n) is 2.59. The molecule has 114 valence electrons. The lowest BCUT2D eigenvalue weighted by molar-refractivity contribution is -0.140. The summed E-state index contributed by atoms with van der Waals surface area (Å²) in [5, 5.41) is 12.3. The van der Waals surface area contributed by atoms with Crippen molar-refractivity contribution in [2.24, 2.45) is 5.92 Å². The monoisotopic (exact) mass is 290 g/mol. The van der Waals surface area contributed by atoms with Crippen LogP contribution >= 0.6 is 0 Å². The zero-order chi connectivity index (χ0) is 15.4. The van der Waals surface area contributed by atoms with Crippen molar-refractivity contribution in [1.29, 1.82) is 0 Å². The van der Waals surface area contributed by atoms with Gasteiger partial charge in [-0.05, 0) is 17.0 Å². The van der Waals surface area contributed by atoms with Crippen LogP contribution in [0.15, 0.2) is 24.3 Å². The average Bonchev–Trinajstić information content (AvgIpc) is 2.44. The first-order valence-corrected chi connectivity index (χ1v) is 7.27. The highest BCUT2D eigenvalue weighted by Gasteiger charge is 2.30. The van der Waals surface area contributed by atoms with Gasteiger partial charge in [-0.2, -0.15) is 0 Å². The van der Waals surface area contributed by atoms with E-state index >= 15 is 0 Å². The molecule has 5 heteroatoms. The fraction of sp³-hybridized carbons (Fsp3) is 0.500. The number of hydrogen-bond donors (Lipinski definition) is 2. The molecule has 1 aliphatic heterocycles. The number of aliphatic carboxylic acids is 1. The number of nitrogens with one attached hydrogen (secondary N) is 1. The van der Waals surface area contributed by atoms with Gasteiger partial charge in [-0.25, -0.2) is 0 Å². The van der Waals surface area contributed by atoms with E-state index in [0.717, 1.165) is 11.1 Å². The van der Waals surface area contributed by atoms with Crippen LogP contribution in [0.4, 0.5) is 0 Å². The van der Waals surface area contributed by atoms with Gasteiger partial charge in [-0.3, -0.25) is 14.5 Å². The SMILES string of the molecule is CC(C)CNC(=O)CN1Cc2ccccc2C(C(=O)O)C1. The van der Waals surface area contributed by atoms with E-state index < -0.39 is 11.9 Å². The third-order valence-electron chi connectivity index (χ3n) is 3.64. The summed E-state index contributed by atoms with van der Waals surface area (Å²) in [6, 6.07) is 7.56. The van der Waals surface area contributed by atoms with E-state index in [1.54, 1.807) is 0 Å². The summed E-state index contributed by atoms with van der Waals surface area (Å²) >= 11 is 0. The first-order chi connectivity index (χ1) is 9.97. The first kappa shape index (κ1) is 15.5. The van der Waals surface area contributed by atoms with E-state index in [2.05, 4.69) is 5.32 Å². The van der Waals surface area contributed by atoms with Crippen LogP contribution in [0, 0.1) is 5.92 Å². The molecule has 1 amide bonds. The topological polar surface area (TPSA) is 69.6 Å². The number of rotatable bonds is 5. The Kier molecular flexibility index (Phi) is 4.96. The van der Waals surface area contributed by atoms with Crippen LogP contribution in [0.3, 0.4) is 0 Å². The normalized spacial score (nSPS) is 18.3. The van der Waals surface area contributed by atoms with Gasteiger partial charge in [0.05, 0.1) is 12.5 Å². The Hall–Kier alpha value is -1.88. The van der Waals surface area contributed by atoms with E-state index in [1.165, 1.54) is 0 Å². The van der Waals surface area contributed by atoms with Crippen molar-refractivity contribution in [1.82, 2.24) is 10.2 Å². The molecule has 0 bridgehead atoms. The molecule has 1 unspecified atom stereocenters. The van der Waals surface area contributed by atoms with Crippen LogP contribution in [0.1, 0.15) is 30.9 Å². The highest BCUT2D eigenvalue weighted by molar-refractivity contribution is 5.79. The van der Waals surface area contributed by atoms with Gasteiger partial charge in [0, 0.05) is 19.6 Å². The largest absolute Gasteiger partial charge is 0.481 e. The van der Waals surface area contributed by atoms with Gasteiger partial charge in [0.15, 0.2) is 0 Å². The molecular formula is C16H22N2O3. The Bertz CT molecular complexity index is 528. The Morgan fingerprint density at radius 1 is 1.38 bits per heavy atom. The third-order valence-corrected chi connectivity index (χ3v) is 3.64. The fourth-order valence-corrected chi connectivity index (χ4v) is 2.59. The molecule has 0 saturated heterocycles. The van der Waals surface area contributed by atoms with Gasteiger partial charge in [0.25, 0.3) is 0 Å². The predicted molar refractivity (Wildman–Crippen MR) is 79.9 cm³/mol. The molecule has 0 radical (unpaired) electrons. The second-order valence-corrected chi connectivity index (χ2v) is 5.96. The molecule has 21 heavy (non-hydrogen) atoms. The number of benzene rings is 1. The minimum atomic E-state index is -0.838. The van der Waals surface area contributed by atoms with Crippen molar-refractivity contribution in [3.05, 3.63) is 35.4 Å². The van der Waals surface area contributed by atoms with Crippen molar-refractivity contribution in [2.45, 2.75) is 26.3 Å². The van der Waals surface area contributed by atoms with Crippen molar-refractivity contribution >= 4 is 11.9 Å². The van der Waals surface area contributed by atoms with Crippen molar-refractivity contribution in [3.63, 3.8) is 0 Å². The maximum Gasteiger partial charge on any atom is 0.312 e. The van der Waals surface area contributed by atoms with Gasteiger partial charge in [-0.15, -0.1) is 0 Å². The van der Waals surface area contributed by atoms with Gasteiger partial charge in [0.2, 0.25) is 5.91 Å². The second-order valence-electron chi connectivity index (χ2n) is 5.96. The smallest absolute Gasteiger partial charge is 0.312 e. The molecule has 0 aliphatic carbocycles. The summed E-state index contributed by atoms with van der Waals surface area (Å²) in [6.45, 7) is 5.96. The standard InChI is InChI=1S/C16H22N2O3/c1-11(2)7-17-15(19)10-18-8-12-5-3-4-6-13(12)14(9-18)16(20)21/h3-6,11,14H,7-10H2,1-2H3,(H,17,19)(H,20,21). The van der Waals surface area contributed by atoms with Gasteiger partial charge >= 0.3 is 5.97 Å². The van der Waals surface area contributed by atoms with Gasteiger partial charge in [-0.1, -0.05) is 38.1 Å². The lowest BCUT2D eigenvalue weighted by Gasteiger charge is -2.32. The van der Waals surface area contributed by atoms with Crippen LogP contribution in [0.5, 0.6) is 0 Å². The molecular weight excluding hydrogens is 268 g/mol. The Morgan fingerprint density at radius 3 is 2.76 bits per heavy atom. The number of amides is 1. The highest BCUT2D eigenvalue weighted by atomic mass is 16.4. The number of fused-ring (bicyclic) bond motifs is 1. The third kappa shape index (κ3) is 4.04. The highest BCUT2D eigenvalue weighted by Crippen LogP contribution is 2.28. The lowest BCUT2D eigenvalue weighted by Crippen LogP contribution is -2.43. The molecule has 0 spiro atoms. The lowest BCUT2D eigenvalue weighted by atomic mass is 9.90. The first-order valence-electron chi connectivity index (χ1n) is 7.27. The van der Waals surface area contributed by atoms with E-state index in [9.17, 15) is 14.7 Å². The van der Waals surface area contributed by atoms with E-state index in [0.29, 0.717) is 25.6 Å². The molecule has 1 heterocycles. The molecule has 1 atom stereocenters. The summed E-state index contributed by atoms with van der Waals surface area (Å²) in [5.41, 5.74) is 1.86. The molecule has 5 nitrogen and oxygen atoms in total. The number of hydrogen-bond acceptors (Lipinski definition) is 3. The summed E-state index contributed by atoms with van der Waals surface area (Å²) in [4.78, 5) is 25.2.